The van der Waals surface area contributed by atoms with E-state index < -0.39 is 6.09 Å². The molecule has 0 saturated carbocycles. The maximum Gasteiger partial charge on any atom is 0.411 e. The Morgan fingerprint density at radius 1 is 1.09 bits per heavy atom. The van der Waals surface area contributed by atoms with Crippen molar-refractivity contribution in [3.63, 3.8) is 0 Å². The van der Waals surface area contributed by atoms with Crippen LogP contribution < -0.4 is 10.6 Å². The number of carbonyl (C=O) groups excluding carboxylic acids is 1. The molecule has 0 spiro atoms. The number of benzene rings is 3. The Morgan fingerprint density at radius 3 is 2.38 bits per heavy atom. The number of nitrogens with zero attached hydrogens (tertiary/aromatic N) is 1. The van der Waals surface area contributed by atoms with E-state index in [4.69, 9.17) is 11.2 Å². The highest BCUT2D eigenvalue weighted by atomic mass is 16.5. The minimum Gasteiger partial charge on any atom is -0.448 e. The molecule has 1 fully saturated rings. The molecule has 1 aliphatic heterocycles. The Kier molecular flexibility index (Phi) is 6.35. The summed E-state index contributed by atoms with van der Waals surface area (Å²) in [7, 11) is 0. The lowest BCUT2D eigenvalue weighted by Crippen LogP contribution is -2.43. The number of nitrogens with one attached hydrogen (secondary N) is 2. The summed E-state index contributed by atoms with van der Waals surface area (Å²) in [6.45, 7) is 7.09. The predicted molar refractivity (Wildman–Crippen MR) is 136 cm³/mol. The summed E-state index contributed by atoms with van der Waals surface area (Å²) in [6, 6.07) is 20.5. The first-order chi connectivity index (χ1) is 16.6. The van der Waals surface area contributed by atoms with Gasteiger partial charge >= 0.3 is 6.09 Å². The summed E-state index contributed by atoms with van der Waals surface area (Å²) in [6.07, 6.45) is 5.30. The first-order valence-corrected chi connectivity index (χ1v) is 11.8. The zero-order chi connectivity index (χ0) is 23.5. The normalized spacial score (nSPS) is 15.3. The van der Waals surface area contributed by atoms with Gasteiger partial charge in [0.2, 0.25) is 0 Å². The number of anilines is 1. The summed E-state index contributed by atoms with van der Waals surface area (Å²) in [5.74, 6) is 2.79. The van der Waals surface area contributed by atoms with Crippen molar-refractivity contribution in [2.24, 2.45) is 0 Å². The fraction of sp³-hybridized carbons (Fsp3) is 0.276. The summed E-state index contributed by atoms with van der Waals surface area (Å²) in [4.78, 5) is 15.2. The largest absolute Gasteiger partial charge is 0.448 e. The zero-order valence-electron chi connectivity index (χ0n) is 19.4. The Balaban J connectivity index is 1.29. The number of hydrogen-bond donors (Lipinski definition) is 2. The lowest BCUT2D eigenvalue weighted by Gasteiger charge is -2.28. The molecule has 0 atom stereocenters. The van der Waals surface area contributed by atoms with Crippen LogP contribution in [0.25, 0.3) is 11.1 Å². The van der Waals surface area contributed by atoms with Crippen LogP contribution in [0.1, 0.15) is 33.7 Å². The van der Waals surface area contributed by atoms with E-state index in [1.54, 1.807) is 0 Å². The fourth-order valence-corrected chi connectivity index (χ4v) is 5.02. The molecule has 0 bridgehead atoms. The van der Waals surface area contributed by atoms with Crippen molar-refractivity contribution in [3.05, 3.63) is 88.5 Å². The Bertz CT molecular complexity index is 1210. The van der Waals surface area contributed by atoms with Gasteiger partial charge in [-0.1, -0.05) is 54.5 Å². The summed E-state index contributed by atoms with van der Waals surface area (Å²) >= 11 is 0. The average Bonchev–Trinajstić information content (AvgIpc) is 3.19. The molecular weight excluding hydrogens is 422 g/mol. The van der Waals surface area contributed by atoms with Gasteiger partial charge in [0.15, 0.2) is 0 Å². The highest BCUT2D eigenvalue weighted by Crippen LogP contribution is 2.44. The van der Waals surface area contributed by atoms with Gasteiger partial charge in [-0.3, -0.25) is 10.2 Å². The van der Waals surface area contributed by atoms with Crippen LogP contribution in [0.3, 0.4) is 0 Å². The highest BCUT2D eigenvalue weighted by Gasteiger charge is 2.29. The minimum atomic E-state index is -0.471. The van der Waals surface area contributed by atoms with Crippen molar-refractivity contribution in [3.8, 4) is 23.5 Å². The van der Waals surface area contributed by atoms with E-state index in [0.29, 0.717) is 5.69 Å². The van der Waals surface area contributed by atoms with E-state index in [1.807, 2.05) is 43.3 Å². The van der Waals surface area contributed by atoms with Crippen LogP contribution in [0.5, 0.6) is 0 Å². The van der Waals surface area contributed by atoms with Crippen molar-refractivity contribution in [2.45, 2.75) is 19.4 Å². The molecule has 2 N–H and O–H groups in total. The maximum absolute atomic E-state index is 12.8. The molecule has 0 unspecified atom stereocenters. The van der Waals surface area contributed by atoms with Crippen LogP contribution in [0, 0.1) is 19.3 Å². The molecule has 3 aromatic rings. The van der Waals surface area contributed by atoms with E-state index in [-0.39, 0.29) is 12.5 Å². The van der Waals surface area contributed by atoms with Gasteiger partial charge in [-0.2, -0.15) is 0 Å². The van der Waals surface area contributed by atoms with Crippen LogP contribution in [0.15, 0.2) is 60.7 Å². The third-order valence-electron chi connectivity index (χ3n) is 6.86. The van der Waals surface area contributed by atoms with E-state index in [9.17, 15) is 4.79 Å². The van der Waals surface area contributed by atoms with Gasteiger partial charge in [-0.05, 0) is 52.4 Å². The number of fused-ring (bicyclic) bond motifs is 3. The van der Waals surface area contributed by atoms with Gasteiger partial charge in [0, 0.05) is 49.9 Å². The second-order valence-corrected chi connectivity index (χ2v) is 8.93. The number of terminal acetylenes is 1. The average molecular weight is 452 g/mol. The molecule has 34 heavy (non-hydrogen) atoms. The first-order valence-electron chi connectivity index (χ1n) is 11.8. The number of piperazine rings is 1. The number of ether oxygens (including phenoxy) is 1. The molecule has 1 aliphatic carbocycles. The second kappa shape index (κ2) is 9.72. The van der Waals surface area contributed by atoms with Gasteiger partial charge in [-0.15, -0.1) is 6.42 Å². The minimum absolute atomic E-state index is 0.0284. The molecule has 5 nitrogen and oxygen atoms in total. The van der Waals surface area contributed by atoms with Crippen LogP contribution >= 0.6 is 0 Å². The number of hydrogen-bond acceptors (Lipinski definition) is 4. The Morgan fingerprint density at radius 2 is 1.74 bits per heavy atom. The van der Waals surface area contributed by atoms with E-state index >= 15 is 0 Å². The molecule has 172 valence electrons. The maximum atomic E-state index is 12.8. The fourth-order valence-electron chi connectivity index (χ4n) is 5.02. The van der Waals surface area contributed by atoms with E-state index in [2.05, 4.69) is 45.7 Å². The molecular formula is C29H29N3O2. The highest BCUT2D eigenvalue weighted by molar-refractivity contribution is 5.85. The summed E-state index contributed by atoms with van der Waals surface area (Å²) in [5.41, 5.74) is 8.48. The number of carbonyl (C=O) groups is 1. The molecule has 1 saturated heterocycles. The van der Waals surface area contributed by atoms with Gasteiger partial charge in [0.25, 0.3) is 0 Å². The quantitative estimate of drug-likeness (QED) is 0.550. The third-order valence-corrected chi connectivity index (χ3v) is 6.86. The zero-order valence-corrected chi connectivity index (χ0v) is 19.4. The third kappa shape index (κ3) is 4.43. The predicted octanol–water partition coefficient (Wildman–Crippen LogP) is 4.74. The lowest BCUT2D eigenvalue weighted by molar-refractivity contribution is 0.158. The molecule has 2 aliphatic rings. The molecule has 0 radical (unpaired) electrons. The topological polar surface area (TPSA) is 53.6 Å². The van der Waals surface area contributed by atoms with E-state index in [0.717, 1.165) is 49.4 Å². The van der Waals surface area contributed by atoms with Crippen LogP contribution in [-0.2, 0) is 11.3 Å². The molecule has 5 heteroatoms. The summed E-state index contributed by atoms with van der Waals surface area (Å²) in [5, 5.41) is 6.28. The standard InChI is InChI=1S/C29H29N3O2/c1-3-21-16-23(17-22(20(21)2)18-32-14-12-30-13-15-32)31-29(33)34-19-28-26-10-6-4-8-24(26)25-9-5-7-11-27(25)28/h1,4-11,16-17,28,30H,12-15,18-19H2,2H3,(H,31,33). The number of rotatable bonds is 5. The number of amides is 1. The van der Waals surface area contributed by atoms with Crippen LogP contribution in [0.2, 0.25) is 0 Å². The molecule has 1 heterocycles. The lowest BCUT2D eigenvalue weighted by atomic mass is 9.98. The summed E-state index contributed by atoms with van der Waals surface area (Å²) < 4.78 is 5.72. The first kappa shape index (κ1) is 22.2. The van der Waals surface area contributed by atoms with Crippen molar-refractivity contribution in [1.82, 2.24) is 10.2 Å². The van der Waals surface area contributed by atoms with Crippen molar-refractivity contribution in [2.75, 3.05) is 38.1 Å². The molecule has 1 amide bonds. The van der Waals surface area contributed by atoms with Gasteiger partial charge < -0.3 is 10.1 Å². The second-order valence-electron chi connectivity index (χ2n) is 8.93. The SMILES string of the molecule is C#Cc1cc(NC(=O)OCC2c3ccccc3-c3ccccc32)cc(CN2CCNCC2)c1C. The van der Waals surface area contributed by atoms with Crippen LogP contribution in [-0.4, -0.2) is 43.8 Å². The van der Waals surface area contributed by atoms with Gasteiger partial charge in [-0.25, -0.2) is 4.79 Å². The van der Waals surface area contributed by atoms with Crippen LogP contribution in [0.4, 0.5) is 10.5 Å². The molecule has 0 aromatic heterocycles. The van der Waals surface area contributed by atoms with Crippen molar-refractivity contribution < 1.29 is 9.53 Å². The molecule has 5 rings (SSSR count). The Labute approximate surface area is 201 Å². The smallest absolute Gasteiger partial charge is 0.411 e. The van der Waals surface area contributed by atoms with Gasteiger partial charge in [0.05, 0.1) is 0 Å². The Hall–Kier alpha value is -3.59. The van der Waals surface area contributed by atoms with Crippen molar-refractivity contribution >= 4 is 11.8 Å². The monoisotopic (exact) mass is 451 g/mol. The molecule has 3 aromatic carbocycles. The van der Waals surface area contributed by atoms with Gasteiger partial charge in [0.1, 0.15) is 6.61 Å². The van der Waals surface area contributed by atoms with Crippen molar-refractivity contribution in [1.29, 1.82) is 0 Å². The van der Waals surface area contributed by atoms with E-state index in [1.165, 1.54) is 22.3 Å².